The van der Waals surface area contributed by atoms with Gasteiger partial charge in [-0.05, 0) is 30.4 Å². The summed E-state index contributed by atoms with van der Waals surface area (Å²) in [5.74, 6) is 0.290. The highest BCUT2D eigenvalue weighted by atomic mass is 16.2. The average molecular weight is 404 g/mol. The van der Waals surface area contributed by atoms with E-state index in [9.17, 15) is 9.59 Å². The number of rotatable bonds is 6. The van der Waals surface area contributed by atoms with Gasteiger partial charge in [0.25, 0.3) is 5.91 Å². The third-order valence-electron chi connectivity index (χ3n) is 5.72. The molecule has 4 rings (SSSR count). The van der Waals surface area contributed by atoms with Crippen LogP contribution in [0.5, 0.6) is 0 Å². The average Bonchev–Trinajstić information content (AvgIpc) is 3.38. The van der Waals surface area contributed by atoms with E-state index in [0.717, 1.165) is 23.7 Å². The van der Waals surface area contributed by atoms with Gasteiger partial charge in [-0.15, -0.1) is 0 Å². The molecule has 1 saturated heterocycles. The van der Waals surface area contributed by atoms with Crippen LogP contribution < -0.4 is 5.32 Å². The Balaban J connectivity index is 1.62. The van der Waals surface area contributed by atoms with Crippen LogP contribution in [-0.4, -0.2) is 40.4 Å². The van der Waals surface area contributed by atoms with Crippen LogP contribution >= 0.6 is 0 Å². The molecule has 30 heavy (non-hydrogen) atoms. The first-order valence-corrected chi connectivity index (χ1v) is 10.7. The molecule has 0 bridgehead atoms. The van der Waals surface area contributed by atoms with Gasteiger partial charge >= 0.3 is 0 Å². The minimum atomic E-state index is -0.382. The minimum absolute atomic E-state index is 0.0393. The fourth-order valence-corrected chi connectivity index (χ4v) is 4.19. The molecule has 2 heterocycles. The predicted molar refractivity (Wildman–Crippen MR) is 119 cm³/mol. The molecule has 1 N–H and O–H groups in total. The van der Waals surface area contributed by atoms with Gasteiger partial charge in [0.1, 0.15) is 6.04 Å². The summed E-state index contributed by atoms with van der Waals surface area (Å²) in [5, 5.41) is 3.93. The Morgan fingerprint density at radius 1 is 1.07 bits per heavy atom. The first-order chi connectivity index (χ1) is 14.5. The normalized spacial score (nSPS) is 16.4. The van der Waals surface area contributed by atoms with Crippen molar-refractivity contribution in [2.24, 2.45) is 5.92 Å². The molecule has 0 spiro atoms. The predicted octanol–water partition coefficient (Wildman–Crippen LogP) is 4.07. The van der Waals surface area contributed by atoms with Crippen LogP contribution in [0.1, 0.15) is 42.6 Å². The first-order valence-electron chi connectivity index (χ1n) is 10.7. The summed E-state index contributed by atoms with van der Waals surface area (Å²) in [6.07, 6.45) is 3.52. The Bertz CT molecular complexity index is 1040. The van der Waals surface area contributed by atoms with Gasteiger partial charge in [-0.3, -0.25) is 9.59 Å². The van der Waals surface area contributed by atoms with E-state index in [4.69, 9.17) is 0 Å². The van der Waals surface area contributed by atoms with Crippen molar-refractivity contribution in [1.29, 1.82) is 0 Å². The Hall–Kier alpha value is -3.08. The summed E-state index contributed by atoms with van der Waals surface area (Å²) < 4.78 is 2.13. The van der Waals surface area contributed by atoms with E-state index in [2.05, 4.69) is 35.9 Å². The second kappa shape index (κ2) is 8.74. The molecule has 2 amide bonds. The Morgan fingerprint density at radius 3 is 2.57 bits per heavy atom. The van der Waals surface area contributed by atoms with E-state index in [1.54, 1.807) is 4.90 Å². The largest absolute Gasteiger partial charge is 0.354 e. The SMILES string of the molecule is CC(C)CNC(=O)[C@@H]1CCCN1C(=O)c1cn(Cc2ccccc2)c2ccccc12. The fraction of sp³-hybridized carbons (Fsp3) is 0.360. The van der Waals surface area contributed by atoms with Gasteiger partial charge in [0.15, 0.2) is 0 Å². The quantitative estimate of drug-likeness (QED) is 0.675. The first kappa shape index (κ1) is 20.2. The Morgan fingerprint density at radius 2 is 1.80 bits per heavy atom. The maximum absolute atomic E-state index is 13.5. The number of aromatic nitrogens is 1. The summed E-state index contributed by atoms with van der Waals surface area (Å²) >= 11 is 0. The number of nitrogens with zero attached hydrogens (tertiary/aromatic N) is 2. The van der Waals surface area contributed by atoms with Gasteiger partial charge in [0.05, 0.1) is 5.56 Å². The van der Waals surface area contributed by atoms with Crippen LogP contribution in [-0.2, 0) is 11.3 Å². The van der Waals surface area contributed by atoms with Crippen LogP contribution in [0.4, 0.5) is 0 Å². The third-order valence-corrected chi connectivity index (χ3v) is 5.72. The summed E-state index contributed by atoms with van der Waals surface area (Å²) in [4.78, 5) is 28.0. The molecule has 2 aromatic carbocycles. The number of hydrogen-bond donors (Lipinski definition) is 1. The van der Waals surface area contributed by atoms with E-state index in [1.807, 2.05) is 48.7 Å². The minimum Gasteiger partial charge on any atom is -0.354 e. The molecular formula is C25H29N3O2. The van der Waals surface area contributed by atoms with Gasteiger partial charge in [-0.2, -0.15) is 0 Å². The summed E-state index contributed by atoms with van der Waals surface area (Å²) in [6, 6.07) is 17.9. The van der Waals surface area contributed by atoms with Crippen molar-refractivity contribution in [3.63, 3.8) is 0 Å². The number of para-hydroxylation sites is 1. The van der Waals surface area contributed by atoms with Gasteiger partial charge in [0, 0.05) is 36.7 Å². The molecule has 156 valence electrons. The van der Waals surface area contributed by atoms with Crippen molar-refractivity contribution in [3.05, 3.63) is 71.9 Å². The molecule has 1 aliphatic heterocycles. The molecule has 1 aliphatic rings. The lowest BCUT2D eigenvalue weighted by Gasteiger charge is -2.24. The Labute approximate surface area is 177 Å². The fourth-order valence-electron chi connectivity index (χ4n) is 4.19. The van der Waals surface area contributed by atoms with Gasteiger partial charge in [0.2, 0.25) is 5.91 Å². The number of amides is 2. The smallest absolute Gasteiger partial charge is 0.256 e. The number of nitrogens with one attached hydrogen (secondary N) is 1. The Kier molecular flexibility index (Phi) is 5.88. The zero-order valence-electron chi connectivity index (χ0n) is 17.7. The molecule has 5 nitrogen and oxygen atoms in total. The van der Waals surface area contributed by atoms with E-state index in [-0.39, 0.29) is 17.9 Å². The highest BCUT2D eigenvalue weighted by molar-refractivity contribution is 6.08. The number of carbonyl (C=O) groups excluding carboxylic acids is 2. The highest BCUT2D eigenvalue weighted by Gasteiger charge is 2.35. The van der Waals surface area contributed by atoms with Crippen LogP contribution in [0.3, 0.4) is 0 Å². The molecule has 1 fully saturated rings. The van der Waals surface area contributed by atoms with Crippen LogP contribution in [0.15, 0.2) is 60.8 Å². The van der Waals surface area contributed by atoms with Crippen molar-refractivity contribution >= 4 is 22.7 Å². The monoisotopic (exact) mass is 403 g/mol. The van der Waals surface area contributed by atoms with Gasteiger partial charge in [-0.1, -0.05) is 62.4 Å². The van der Waals surface area contributed by atoms with Crippen molar-refractivity contribution in [2.45, 2.75) is 39.3 Å². The lowest BCUT2D eigenvalue weighted by Crippen LogP contribution is -2.46. The van der Waals surface area contributed by atoms with E-state index in [1.165, 1.54) is 5.56 Å². The molecule has 0 unspecified atom stereocenters. The number of hydrogen-bond acceptors (Lipinski definition) is 2. The molecule has 3 aromatic rings. The maximum atomic E-state index is 13.5. The van der Waals surface area contributed by atoms with Gasteiger partial charge in [-0.25, -0.2) is 0 Å². The standard InChI is InChI=1S/C25H29N3O2/c1-18(2)15-26-24(29)23-13-8-14-28(23)25(30)21-17-27(16-19-9-4-3-5-10-19)22-12-7-6-11-20(21)22/h3-7,9-12,17-18,23H,8,13-16H2,1-2H3,(H,26,29)/t23-/m0/s1. The highest BCUT2D eigenvalue weighted by Crippen LogP contribution is 2.27. The van der Waals surface area contributed by atoms with E-state index < -0.39 is 0 Å². The number of carbonyl (C=O) groups is 2. The van der Waals surface area contributed by atoms with Crippen molar-refractivity contribution in [1.82, 2.24) is 14.8 Å². The lowest BCUT2D eigenvalue weighted by molar-refractivity contribution is -0.125. The van der Waals surface area contributed by atoms with Crippen LogP contribution in [0.25, 0.3) is 10.9 Å². The third kappa shape index (κ3) is 4.11. The summed E-state index contributed by atoms with van der Waals surface area (Å²) in [6.45, 7) is 6.09. The summed E-state index contributed by atoms with van der Waals surface area (Å²) in [7, 11) is 0. The molecule has 0 radical (unpaired) electrons. The topological polar surface area (TPSA) is 54.3 Å². The molecule has 0 saturated carbocycles. The zero-order valence-corrected chi connectivity index (χ0v) is 17.7. The van der Waals surface area contributed by atoms with Gasteiger partial charge < -0.3 is 14.8 Å². The second-order valence-electron chi connectivity index (χ2n) is 8.47. The number of benzene rings is 2. The van der Waals surface area contributed by atoms with E-state index >= 15 is 0 Å². The maximum Gasteiger partial charge on any atom is 0.256 e. The molecule has 0 aliphatic carbocycles. The van der Waals surface area contributed by atoms with Crippen LogP contribution in [0, 0.1) is 5.92 Å². The van der Waals surface area contributed by atoms with Crippen molar-refractivity contribution in [3.8, 4) is 0 Å². The second-order valence-corrected chi connectivity index (χ2v) is 8.47. The molecule has 1 atom stereocenters. The van der Waals surface area contributed by atoms with Crippen molar-refractivity contribution in [2.75, 3.05) is 13.1 Å². The number of likely N-dealkylation sites (tertiary alicyclic amines) is 1. The zero-order chi connectivity index (χ0) is 21.1. The van der Waals surface area contributed by atoms with Crippen LogP contribution in [0.2, 0.25) is 0 Å². The number of fused-ring (bicyclic) bond motifs is 1. The summed E-state index contributed by atoms with van der Waals surface area (Å²) in [5.41, 5.74) is 2.89. The van der Waals surface area contributed by atoms with Crippen molar-refractivity contribution < 1.29 is 9.59 Å². The molecule has 5 heteroatoms. The lowest BCUT2D eigenvalue weighted by atomic mass is 10.1. The molecular weight excluding hydrogens is 374 g/mol. The van der Waals surface area contributed by atoms with E-state index in [0.29, 0.717) is 31.1 Å². The molecule has 1 aromatic heterocycles.